The number of amides is 1. The summed E-state index contributed by atoms with van der Waals surface area (Å²) in [6.07, 6.45) is 0.641. The Morgan fingerprint density at radius 2 is 1.82 bits per heavy atom. The molecule has 0 aliphatic heterocycles. The molecule has 0 saturated carbocycles. The number of carboxylic acids is 1. The largest absolute Gasteiger partial charge is 0.502 e. The molecule has 1 unspecified atom stereocenters. The topological polar surface area (TPSA) is 86.6 Å². The van der Waals surface area contributed by atoms with E-state index < -0.39 is 17.6 Å². The van der Waals surface area contributed by atoms with Crippen LogP contribution in [-0.4, -0.2) is 22.1 Å². The molecule has 0 aliphatic carbocycles. The van der Waals surface area contributed by atoms with Gasteiger partial charge < -0.3 is 15.5 Å². The maximum Gasteiger partial charge on any atom is 0.371 e. The molecular formula is C12H13NO4. The lowest BCUT2D eigenvalue weighted by molar-refractivity contribution is -0.136. The van der Waals surface area contributed by atoms with Crippen LogP contribution < -0.4 is 5.32 Å². The van der Waals surface area contributed by atoms with E-state index in [1.165, 1.54) is 0 Å². The molecule has 1 aromatic rings. The van der Waals surface area contributed by atoms with Gasteiger partial charge in [-0.05, 0) is 12.5 Å². The smallest absolute Gasteiger partial charge is 0.371 e. The van der Waals surface area contributed by atoms with Gasteiger partial charge in [-0.25, -0.2) is 4.79 Å². The minimum absolute atomic E-state index is 0.262. The van der Waals surface area contributed by atoms with Crippen LogP contribution in [-0.2, 0) is 9.59 Å². The van der Waals surface area contributed by atoms with E-state index in [1.807, 2.05) is 30.3 Å². The van der Waals surface area contributed by atoms with Crippen molar-refractivity contribution in [1.29, 1.82) is 0 Å². The minimum Gasteiger partial charge on any atom is -0.502 e. The molecule has 1 amide bonds. The van der Waals surface area contributed by atoms with Gasteiger partial charge in [0.2, 0.25) is 11.7 Å². The molecule has 0 fully saturated rings. The SMILES string of the molecule is CC(NC(=O)/C=C(\O)C(=O)O)c1ccccc1. The Bertz CT molecular complexity index is 439. The van der Waals surface area contributed by atoms with Crippen molar-refractivity contribution in [2.45, 2.75) is 13.0 Å². The molecule has 0 saturated heterocycles. The van der Waals surface area contributed by atoms with E-state index in [0.29, 0.717) is 6.08 Å². The van der Waals surface area contributed by atoms with Crippen molar-refractivity contribution in [2.75, 3.05) is 0 Å². The number of hydrogen-bond donors (Lipinski definition) is 3. The lowest BCUT2D eigenvalue weighted by Gasteiger charge is -2.12. The zero-order valence-corrected chi connectivity index (χ0v) is 9.25. The average molecular weight is 235 g/mol. The highest BCUT2D eigenvalue weighted by atomic mass is 16.4. The van der Waals surface area contributed by atoms with Crippen molar-refractivity contribution in [3.63, 3.8) is 0 Å². The van der Waals surface area contributed by atoms with Crippen LogP contribution in [0.4, 0.5) is 0 Å². The van der Waals surface area contributed by atoms with E-state index in [9.17, 15) is 9.59 Å². The standard InChI is InChI=1S/C12H13NO4/c1-8(9-5-3-2-4-6-9)13-11(15)7-10(14)12(16)17/h2-8,14H,1H3,(H,13,15)(H,16,17)/b10-7-. The quantitative estimate of drug-likeness (QED) is 0.543. The van der Waals surface area contributed by atoms with Crippen molar-refractivity contribution >= 4 is 11.9 Å². The molecule has 1 rings (SSSR count). The van der Waals surface area contributed by atoms with E-state index in [4.69, 9.17) is 10.2 Å². The van der Waals surface area contributed by atoms with Crippen molar-refractivity contribution in [2.24, 2.45) is 0 Å². The lowest BCUT2D eigenvalue weighted by atomic mass is 10.1. The van der Waals surface area contributed by atoms with Gasteiger partial charge in [-0.1, -0.05) is 30.3 Å². The highest BCUT2D eigenvalue weighted by molar-refractivity contribution is 5.96. The third-order valence-electron chi connectivity index (χ3n) is 2.15. The van der Waals surface area contributed by atoms with Gasteiger partial charge in [0.05, 0.1) is 12.1 Å². The fraction of sp³-hybridized carbons (Fsp3) is 0.167. The van der Waals surface area contributed by atoms with Gasteiger partial charge in [0, 0.05) is 0 Å². The Morgan fingerprint density at radius 1 is 1.24 bits per heavy atom. The van der Waals surface area contributed by atoms with Gasteiger partial charge in [-0.3, -0.25) is 4.79 Å². The molecule has 0 heterocycles. The number of aliphatic carboxylic acids is 1. The Balaban J connectivity index is 2.64. The van der Waals surface area contributed by atoms with Gasteiger partial charge in [-0.15, -0.1) is 0 Å². The van der Waals surface area contributed by atoms with Gasteiger partial charge in [0.1, 0.15) is 0 Å². The molecule has 1 atom stereocenters. The van der Waals surface area contributed by atoms with Crippen LogP contribution in [0.5, 0.6) is 0 Å². The van der Waals surface area contributed by atoms with Crippen LogP contribution in [0.2, 0.25) is 0 Å². The van der Waals surface area contributed by atoms with Crippen LogP contribution >= 0.6 is 0 Å². The number of benzene rings is 1. The van der Waals surface area contributed by atoms with E-state index in [0.717, 1.165) is 5.56 Å². The van der Waals surface area contributed by atoms with Crippen LogP contribution in [0, 0.1) is 0 Å². The predicted molar refractivity (Wildman–Crippen MR) is 61.3 cm³/mol. The third kappa shape index (κ3) is 3.98. The molecule has 0 radical (unpaired) electrons. The van der Waals surface area contributed by atoms with Crippen molar-refractivity contribution in [3.05, 3.63) is 47.7 Å². The van der Waals surface area contributed by atoms with E-state index in [2.05, 4.69) is 5.32 Å². The molecule has 90 valence electrons. The first-order chi connectivity index (χ1) is 8.00. The molecule has 0 aliphatic rings. The van der Waals surface area contributed by atoms with Crippen molar-refractivity contribution in [1.82, 2.24) is 5.32 Å². The van der Waals surface area contributed by atoms with E-state index in [-0.39, 0.29) is 6.04 Å². The zero-order valence-electron chi connectivity index (χ0n) is 9.25. The van der Waals surface area contributed by atoms with Gasteiger partial charge in [-0.2, -0.15) is 0 Å². The third-order valence-corrected chi connectivity index (χ3v) is 2.15. The lowest BCUT2D eigenvalue weighted by Crippen LogP contribution is -2.25. The second-order valence-corrected chi connectivity index (χ2v) is 3.48. The number of hydrogen-bond acceptors (Lipinski definition) is 3. The number of aliphatic hydroxyl groups excluding tert-OH is 1. The van der Waals surface area contributed by atoms with Crippen LogP contribution in [0.25, 0.3) is 0 Å². The molecule has 0 spiro atoms. The summed E-state index contributed by atoms with van der Waals surface area (Å²) >= 11 is 0. The summed E-state index contributed by atoms with van der Waals surface area (Å²) in [5.41, 5.74) is 0.893. The molecule has 0 bridgehead atoms. The average Bonchev–Trinajstić information content (AvgIpc) is 2.29. The molecule has 1 aromatic carbocycles. The summed E-state index contributed by atoms with van der Waals surface area (Å²) in [6, 6.07) is 8.94. The number of carbonyl (C=O) groups is 2. The second-order valence-electron chi connectivity index (χ2n) is 3.48. The first kappa shape index (κ1) is 12.8. The molecule has 5 heteroatoms. The molecule has 5 nitrogen and oxygen atoms in total. The first-order valence-electron chi connectivity index (χ1n) is 5.00. The maximum atomic E-state index is 11.3. The normalized spacial score (nSPS) is 12.9. The molecule has 17 heavy (non-hydrogen) atoms. The Labute approximate surface area is 98.4 Å². The number of aliphatic hydroxyl groups is 1. The second kappa shape index (κ2) is 5.69. The Hall–Kier alpha value is -2.30. The number of carbonyl (C=O) groups excluding carboxylic acids is 1. The summed E-state index contributed by atoms with van der Waals surface area (Å²) in [5, 5.41) is 19.8. The Morgan fingerprint density at radius 3 is 2.35 bits per heavy atom. The van der Waals surface area contributed by atoms with Crippen LogP contribution in [0.1, 0.15) is 18.5 Å². The fourth-order valence-corrected chi connectivity index (χ4v) is 1.27. The summed E-state index contributed by atoms with van der Waals surface area (Å²) < 4.78 is 0. The summed E-state index contributed by atoms with van der Waals surface area (Å²) in [4.78, 5) is 21.6. The molecular weight excluding hydrogens is 222 g/mol. The highest BCUT2D eigenvalue weighted by Gasteiger charge is 2.10. The van der Waals surface area contributed by atoms with Gasteiger partial charge in [0.15, 0.2) is 0 Å². The van der Waals surface area contributed by atoms with Crippen LogP contribution in [0.15, 0.2) is 42.2 Å². The van der Waals surface area contributed by atoms with Crippen molar-refractivity contribution in [3.8, 4) is 0 Å². The van der Waals surface area contributed by atoms with Crippen LogP contribution in [0.3, 0.4) is 0 Å². The zero-order chi connectivity index (χ0) is 12.8. The number of carboxylic acid groups (broad SMARTS) is 1. The number of rotatable bonds is 4. The summed E-state index contributed by atoms with van der Waals surface area (Å²) in [7, 11) is 0. The van der Waals surface area contributed by atoms with Gasteiger partial charge in [0.25, 0.3) is 0 Å². The van der Waals surface area contributed by atoms with E-state index in [1.54, 1.807) is 6.92 Å². The molecule has 0 aromatic heterocycles. The van der Waals surface area contributed by atoms with Crippen molar-refractivity contribution < 1.29 is 19.8 Å². The fourth-order valence-electron chi connectivity index (χ4n) is 1.27. The Kier molecular flexibility index (Phi) is 4.28. The number of nitrogens with one attached hydrogen (secondary N) is 1. The predicted octanol–water partition coefficient (Wildman–Crippen LogP) is 1.39. The summed E-state index contributed by atoms with van der Waals surface area (Å²) in [5.74, 6) is -3.17. The molecule has 3 N–H and O–H groups in total. The highest BCUT2D eigenvalue weighted by Crippen LogP contribution is 2.10. The first-order valence-corrected chi connectivity index (χ1v) is 5.00. The minimum atomic E-state index is -1.53. The van der Waals surface area contributed by atoms with E-state index >= 15 is 0 Å². The summed E-state index contributed by atoms with van der Waals surface area (Å²) in [6.45, 7) is 1.76. The maximum absolute atomic E-state index is 11.3. The van der Waals surface area contributed by atoms with Gasteiger partial charge >= 0.3 is 5.97 Å². The monoisotopic (exact) mass is 235 g/mol.